The van der Waals surface area contributed by atoms with E-state index in [-0.39, 0.29) is 0 Å². The summed E-state index contributed by atoms with van der Waals surface area (Å²) < 4.78 is 0. The standard InChI is InChI=1S/C15H22N2OS/c1-12-5-6-15(19-12)14(18)11-16-7-3-9-17-8-2-4-13(17)10-16/h5-6,13H,2-4,7-11H2,1H3. The molecule has 1 atom stereocenters. The first-order valence-corrected chi connectivity index (χ1v) is 8.10. The zero-order valence-corrected chi connectivity index (χ0v) is 12.4. The Balaban J connectivity index is 1.61. The van der Waals surface area contributed by atoms with E-state index >= 15 is 0 Å². The van der Waals surface area contributed by atoms with Crippen LogP contribution in [0.25, 0.3) is 0 Å². The lowest BCUT2D eigenvalue weighted by atomic mass is 10.2. The van der Waals surface area contributed by atoms with Crippen molar-refractivity contribution in [3.8, 4) is 0 Å². The Morgan fingerprint density at radius 1 is 1.32 bits per heavy atom. The van der Waals surface area contributed by atoms with Crippen molar-refractivity contribution in [3.05, 3.63) is 21.9 Å². The molecule has 0 radical (unpaired) electrons. The van der Waals surface area contributed by atoms with Gasteiger partial charge in [-0.3, -0.25) is 14.6 Å². The summed E-state index contributed by atoms with van der Waals surface area (Å²) >= 11 is 1.62. The number of fused-ring (bicyclic) bond motifs is 1. The molecular weight excluding hydrogens is 256 g/mol. The molecule has 2 aliphatic heterocycles. The predicted molar refractivity (Wildman–Crippen MR) is 79.0 cm³/mol. The summed E-state index contributed by atoms with van der Waals surface area (Å²) in [5.41, 5.74) is 0. The summed E-state index contributed by atoms with van der Waals surface area (Å²) in [5, 5.41) is 0. The highest BCUT2D eigenvalue weighted by molar-refractivity contribution is 7.14. The lowest BCUT2D eigenvalue weighted by molar-refractivity contribution is 0.0929. The molecule has 2 saturated heterocycles. The summed E-state index contributed by atoms with van der Waals surface area (Å²) in [7, 11) is 0. The molecule has 3 heterocycles. The van der Waals surface area contributed by atoms with Crippen LogP contribution in [-0.2, 0) is 0 Å². The van der Waals surface area contributed by atoms with Crippen LogP contribution in [-0.4, -0.2) is 54.3 Å². The van der Waals surface area contributed by atoms with Gasteiger partial charge in [-0.1, -0.05) is 0 Å². The molecule has 1 aromatic rings. The average molecular weight is 278 g/mol. The Bertz CT molecular complexity index is 457. The minimum Gasteiger partial charge on any atom is -0.299 e. The lowest BCUT2D eigenvalue weighted by Gasteiger charge is -2.24. The zero-order chi connectivity index (χ0) is 13.2. The molecule has 0 N–H and O–H groups in total. The van der Waals surface area contributed by atoms with Crippen LogP contribution in [0.5, 0.6) is 0 Å². The highest BCUT2D eigenvalue weighted by atomic mass is 32.1. The number of hydrogen-bond acceptors (Lipinski definition) is 4. The first-order chi connectivity index (χ1) is 9.22. The maximum atomic E-state index is 12.3. The normalized spacial score (nSPS) is 25.2. The Labute approximate surface area is 119 Å². The summed E-state index contributed by atoms with van der Waals surface area (Å²) in [6, 6.07) is 4.71. The van der Waals surface area contributed by atoms with Gasteiger partial charge in [0.2, 0.25) is 0 Å². The zero-order valence-electron chi connectivity index (χ0n) is 11.6. The van der Waals surface area contributed by atoms with Crippen LogP contribution in [0.15, 0.2) is 12.1 Å². The van der Waals surface area contributed by atoms with Crippen molar-refractivity contribution in [2.75, 3.05) is 32.7 Å². The van der Waals surface area contributed by atoms with Gasteiger partial charge in [-0.05, 0) is 58.0 Å². The predicted octanol–water partition coefficient (Wildman–Crippen LogP) is 2.41. The molecule has 0 saturated carbocycles. The highest BCUT2D eigenvalue weighted by Gasteiger charge is 2.29. The van der Waals surface area contributed by atoms with Crippen LogP contribution in [0.2, 0.25) is 0 Å². The van der Waals surface area contributed by atoms with Crippen molar-refractivity contribution in [2.24, 2.45) is 0 Å². The van der Waals surface area contributed by atoms with Gasteiger partial charge < -0.3 is 0 Å². The maximum absolute atomic E-state index is 12.3. The second kappa shape index (κ2) is 5.73. The second-order valence-corrected chi connectivity index (χ2v) is 7.04. The Morgan fingerprint density at radius 2 is 2.16 bits per heavy atom. The molecule has 0 amide bonds. The van der Waals surface area contributed by atoms with Gasteiger partial charge in [-0.2, -0.15) is 0 Å². The van der Waals surface area contributed by atoms with Crippen molar-refractivity contribution in [3.63, 3.8) is 0 Å². The summed E-state index contributed by atoms with van der Waals surface area (Å²) in [6.45, 7) is 7.29. The van der Waals surface area contributed by atoms with Crippen molar-refractivity contribution >= 4 is 17.1 Å². The molecule has 0 spiro atoms. The molecule has 19 heavy (non-hydrogen) atoms. The van der Waals surface area contributed by atoms with E-state index in [2.05, 4.69) is 16.7 Å². The van der Waals surface area contributed by atoms with Gasteiger partial charge in [0.1, 0.15) is 0 Å². The fourth-order valence-electron chi connectivity index (χ4n) is 3.29. The molecule has 0 aliphatic carbocycles. The molecule has 0 bridgehead atoms. The molecule has 3 rings (SSSR count). The molecule has 3 nitrogen and oxygen atoms in total. The minimum absolute atomic E-state index is 0.296. The topological polar surface area (TPSA) is 23.6 Å². The van der Waals surface area contributed by atoms with E-state index in [1.54, 1.807) is 11.3 Å². The molecule has 1 aromatic heterocycles. The summed E-state index contributed by atoms with van der Waals surface area (Å²) in [4.78, 5) is 19.4. The lowest BCUT2D eigenvalue weighted by Crippen LogP contribution is -2.38. The van der Waals surface area contributed by atoms with Crippen LogP contribution < -0.4 is 0 Å². The smallest absolute Gasteiger partial charge is 0.186 e. The number of carbonyl (C=O) groups excluding carboxylic acids is 1. The molecular formula is C15H22N2OS. The van der Waals surface area contributed by atoms with Crippen molar-refractivity contribution in [1.82, 2.24) is 9.80 Å². The number of rotatable bonds is 3. The highest BCUT2D eigenvalue weighted by Crippen LogP contribution is 2.22. The van der Waals surface area contributed by atoms with Crippen molar-refractivity contribution < 1.29 is 4.79 Å². The van der Waals surface area contributed by atoms with Crippen LogP contribution in [0.4, 0.5) is 0 Å². The fourth-order valence-corrected chi connectivity index (χ4v) is 4.09. The van der Waals surface area contributed by atoms with Crippen LogP contribution in [0.3, 0.4) is 0 Å². The number of thiophene rings is 1. The maximum Gasteiger partial charge on any atom is 0.186 e. The van der Waals surface area contributed by atoms with Crippen LogP contribution in [0, 0.1) is 6.92 Å². The molecule has 2 fully saturated rings. The molecule has 1 unspecified atom stereocenters. The molecule has 104 valence electrons. The van der Waals surface area contributed by atoms with Crippen LogP contribution >= 0.6 is 11.3 Å². The number of ketones is 1. The second-order valence-electron chi connectivity index (χ2n) is 5.75. The van der Waals surface area contributed by atoms with Crippen molar-refractivity contribution in [2.45, 2.75) is 32.2 Å². The van der Waals surface area contributed by atoms with E-state index < -0.39 is 0 Å². The third kappa shape index (κ3) is 3.07. The molecule has 0 aromatic carbocycles. The van der Waals surface area contributed by atoms with Gasteiger partial charge in [0.15, 0.2) is 5.78 Å². The van der Waals surface area contributed by atoms with Gasteiger partial charge >= 0.3 is 0 Å². The van der Waals surface area contributed by atoms with Gasteiger partial charge in [-0.15, -0.1) is 11.3 Å². The Morgan fingerprint density at radius 3 is 2.95 bits per heavy atom. The van der Waals surface area contributed by atoms with Gasteiger partial charge in [0.25, 0.3) is 0 Å². The van der Waals surface area contributed by atoms with Gasteiger partial charge in [-0.25, -0.2) is 0 Å². The first-order valence-electron chi connectivity index (χ1n) is 7.28. The number of aryl methyl sites for hydroxylation is 1. The van der Waals surface area contributed by atoms with Gasteiger partial charge in [0, 0.05) is 17.5 Å². The number of carbonyl (C=O) groups is 1. The van der Waals surface area contributed by atoms with E-state index in [9.17, 15) is 4.79 Å². The van der Waals surface area contributed by atoms with E-state index in [0.717, 1.165) is 18.0 Å². The third-order valence-corrected chi connectivity index (χ3v) is 5.31. The third-order valence-electron chi connectivity index (χ3n) is 4.27. The Kier molecular flexibility index (Phi) is 4.01. The quantitative estimate of drug-likeness (QED) is 0.793. The van der Waals surface area contributed by atoms with E-state index in [0.29, 0.717) is 18.4 Å². The SMILES string of the molecule is Cc1ccc(C(=O)CN2CCCN3CCCC3C2)s1. The molecule has 2 aliphatic rings. The minimum atomic E-state index is 0.296. The number of hydrogen-bond donors (Lipinski definition) is 0. The summed E-state index contributed by atoms with van der Waals surface area (Å²) in [6.07, 6.45) is 3.84. The van der Waals surface area contributed by atoms with Gasteiger partial charge in [0.05, 0.1) is 11.4 Å². The Hall–Kier alpha value is -0.710. The van der Waals surface area contributed by atoms with E-state index in [4.69, 9.17) is 0 Å². The number of Topliss-reactive ketones (excluding diaryl/α,β-unsaturated/α-hetero) is 1. The molecule has 4 heteroatoms. The average Bonchev–Trinajstić information content (AvgIpc) is 2.95. The summed E-state index contributed by atoms with van der Waals surface area (Å²) in [5.74, 6) is 0.296. The largest absolute Gasteiger partial charge is 0.299 e. The van der Waals surface area contributed by atoms with E-state index in [1.165, 1.54) is 37.2 Å². The first kappa shape index (κ1) is 13.3. The van der Waals surface area contributed by atoms with Crippen molar-refractivity contribution in [1.29, 1.82) is 0 Å². The fraction of sp³-hybridized carbons (Fsp3) is 0.667. The van der Waals surface area contributed by atoms with Crippen LogP contribution in [0.1, 0.15) is 33.8 Å². The monoisotopic (exact) mass is 278 g/mol. The number of nitrogens with zero attached hydrogens (tertiary/aromatic N) is 2. The van der Waals surface area contributed by atoms with E-state index in [1.807, 2.05) is 12.1 Å².